The van der Waals surface area contributed by atoms with E-state index in [0.29, 0.717) is 5.02 Å². The number of H-pyrrole nitrogens is 1. The van der Waals surface area contributed by atoms with Crippen molar-refractivity contribution < 1.29 is 4.74 Å². The van der Waals surface area contributed by atoms with Crippen LogP contribution in [-0.2, 0) is 0 Å². The maximum absolute atomic E-state index is 6.50. The Kier molecular flexibility index (Phi) is 3.61. The fourth-order valence-electron chi connectivity index (χ4n) is 2.98. The van der Waals surface area contributed by atoms with Crippen LogP contribution in [0.4, 0.5) is 0 Å². The van der Waals surface area contributed by atoms with Crippen molar-refractivity contribution in [3.8, 4) is 5.75 Å². The van der Waals surface area contributed by atoms with Crippen molar-refractivity contribution >= 4 is 22.5 Å². The molecule has 3 rings (SSSR count). The third-order valence-corrected chi connectivity index (χ3v) is 4.68. The number of nitrogens with zero attached hydrogens (tertiary/aromatic N) is 1. The Balaban J connectivity index is 1.98. The molecule has 1 heterocycles. The molecule has 0 spiro atoms. The van der Waals surface area contributed by atoms with Crippen LogP contribution in [0, 0.1) is 13.8 Å². The first-order chi connectivity index (χ1) is 9.58. The number of ether oxygens (including phenoxy) is 1. The van der Waals surface area contributed by atoms with Gasteiger partial charge in [0.1, 0.15) is 11.9 Å². The number of benzene rings is 1. The van der Waals surface area contributed by atoms with Crippen molar-refractivity contribution in [1.82, 2.24) is 10.2 Å². The lowest BCUT2D eigenvalue weighted by atomic mass is 9.93. The van der Waals surface area contributed by atoms with Gasteiger partial charge >= 0.3 is 0 Å². The molecule has 2 unspecified atom stereocenters. The number of nitrogens with one attached hydrogen (secondary N) is 1. The molecule has 2 aromatic rings. The number of hydrogen-bond donors (Lipinski definition) is 2. The smallest absolute Gasteiger partial charge is 0.142 e. The van der Waals surface area contributed by atoms with Crippen LogP contribution in [0.2, 0.25) is 5.02 Å². The Morgan fingerprint density at radius 2 is 2.15 bits per heavy atom. The summed E-state index contributed by atoms with van der Waals surface area (Å²) < 4.78 is 6.19. The number of aryl methyl sites for hydroxylation is 1. The van der Waals surface area contributed by atoms with Gasteiger partial charge in [-0.15, -0.1) is 0 Å². The highest BCUT2D eigenvalue weighted by atomic mass is 35.5. The summed E-state index contributed by atoms with van der Waals surface area (Å²) >= 11 is 6.50. The molecule has 0 aliphatic heterocycles. The van der Waals surface area contributed by atoms with Gasteiger partial charge in [-0.3, -0.25) is 5.10 Å². The summed E-state index contributed by atoms with van der Waals surface area (Å²) in [6.07, 6.45) is 6.08. The quantitative estimate of drug-likeness (QED) is 0.891. The molecule has 2 atom stereocenters. The SMILES string of the molecule is Cc1c(OC2CCCC(N)C2)c(Cl)c2cn[nH]c2c1C. The van der Waals surface area contributed by atoms with E-state index in [4.69, 9.17) is 22.1 Å². The number of aromatic amines is 1. The van der Waals surface area contributed by atoms with Gasteiger partial charge in [-0.25, -0.2) is 0 Å². The van der Waals surface area contributed by atoms with E-state index in [1.54, 1.807) is 6.20 Å². The van der Waals surface area contributed by atoms with Gasteiger partial charge in [0, 0.05) is 11.4 Å². The fourth-order valence-corrected chi connectivity index (χ4v) is 3.31. The van der Waals surface area contributed by atoms with Crippen LogP contribution in [0.15, 0.2) is 6.20 Å². The molecule has 1 fully saturated rings. The van der Waals surface area contributed by atoms with E-state index in [1.807, 2.05) is 6.92 Å². The van der Waals surface area contributed by atoms with Crippen molar-refractivity contribution in [1.29, 1.82) is 0 Å². The van der Waals surface area contributed by atoms with Crippen LogP contribution in [0.1, 0.15) is 36.8 Å². The topological polar surface area (TPSA) is 63.9 Å². The molecule has 1 aliphatic rings. The van der Waals surface area contributed by atoms with Gasteiger partial charge in [-0.2, -0.15) is 5.10 Å². The summed E-state index contributed by atoms with van der Waals surface area (Å²) in [7, 11) is 0. The minimum atomic E-state index is 0.165. The maximum atomic E-state index is 6.50. The standard InChI is InChI=1S/C15H20ClN3O/c1-8-9(2)15(13(16)12-7-18-19-14(8)12)20-11-5-3-4-10(17)6-11/h7,10-11H,3-6,17H2,1-2H3,(H,18,19). The lowest BCUT2D eigenvalue weighted by molar-refractivity contribution is 0.144. The van der Waals surface area contributed by atoms with E-state index in [-0.39, 0.29) is 12.1 Å². The highest BCUT2D eigenvalue weighted by Crippen LogP contribution is 2.39. The summed E-state index contributed by atoms with van der Waals surface area (Å²) in [4.78, 5) is 0. The normalized spacial score (nSPS) is 23.2. The van der Waals surface area contributed by atoms with Gasteiger partial charge in [0.25, 0.3) is 0 Å². The van der Waals surface area contributed by atoms with Gasteiger partial charge < -0.3 is 10.5 Å². The molecule has 0 saturated heterocycles. The van der Waals surface area contributed by atoms with Crippen LogP contribution < -0.4 is 10.5 Å². The predicted molar refractivity (Wildman–Crippen MR) is 81.4 cm³/mol. The predicted octanol–water partition coefficient (Wildman–Crippen LogP) is 3.48. The molecule has 1 aliphatic carbocycles. The molecule has 5 heteroatoms. The summed E-state index contributed by atoms with van der Waals surface area (Å²) in [5.41, 5.74) is 9.23. The highest BCUT2D eigenvalue weighted by Gasteiger charge is 2.24. The van der Waals surface area contributed by atoms with Crippen LogP contribution in [0.5, 0.6) is 5.75 Å². The van der Waals surface area contributed by atoms with E-state index in [9.17, 15) is 0 Å². The zero-order valence-corrected chi connectivity index (χ0v) is 12.6. The molecule has 1 saturated carbocycles. The molecule has 108 valence electrons. The van der Waals surface area contributed by atoms with Crippen LogP contribution in [-0.4, -0.2) is 22.3 Å². The van der Waals surface area contributed by atoms with Crippen molar-refractivity contribution in [2.45, 2.75) is 51.7 Å². The molecular weight excluding hydrogens is 274 g/mol. The Labute approximate surface area is 123 Å². The first-order valence-corrected chi connectivity index (χ1v) is 7.49. The minimum Gasteiger partial charge on any atom is -0.488 e. The van der Waals surface area contributed by atoms with Gasteiger partial charge in [0.2, 0.25) is 0 Å². The Hall–Kier alpha value is -1.26. The number of nitrogens with two attached hydrogens (primary N) is 1. The number of fused-ring (bicyclic) bond motifs is 1. The highest BCUT2D eigenvalue weighted by molar-refractivity contribution is 6.37. The van der Waals surface area contributed by atoms with Crippen molar-refractivity contribution in [2.24, 2.45) is 5.73 Å². The molecule has 4 nitrogen and oxygen atoms in total. The summed E-state index contributed by atoms with van der Waals surface area (Å²) in [5, 5.41) is 8.65. The molecule has 20 heavy (non-hydrogen) atoms. The van der Waals surface area contributed by atoms with E-state index >= 15 is 0 Å². The second-order valence-corrected chi connectivity index (χ2v) is 6.10. The van der Waals surface area contributed by atoms with Gasteiger partial charge in [0.15, 0.2) is 0 Å². The summed E-state index contributed by atoms with van der Waals surface area (Å²) in [5.74, 6) is 0.789. The Bertz CT molecular complexity index is 638. The zero-order chi connectivity index (χ0) is 14.3. The number of rotatable bonds is 2. The lowest BCUT2D eigenvalue weighted by Crippen LogP contribution is -2.33. The van der Waals surface area contributed by atoms with Crippen molar-refractivity contribution in [3.63, 3.8) is 0 Å². The van der Waals surface area contributed by atoms with Gasteiger partial charge in [-0.05, 0) is 50.7 Å². The minimum absolute atomic E-state index is 0.165. The van der Waals surface area contributed by atoms with Crippen molar-refractivity contribution in [3.05, 3.63) is 22.3 Å². The van der Waals surface area contributed by atoms with Gasteiger partial charge in [0.05, 0.1) is 16.7 Å². The molecule has 0 amide bonds. The second kappa shape index (κ2) is 5.26. The number of hydrogen-bond acceptors (Lipinski definition) is 3. The van der Waals surface area contributed by atoms with Gasteiger partial charge in [-0.1, -0.05) is 11.6 Å². The first-order valence-electron chi connectivity index (χ1n) is 7.12. The monoisotopic (exact) mass is 293 g/mol. The fraction of sp³-hybridized carbons (Fsp3) is 0.533. The Morgan fingerprint density at radius 1 is 1.35 bits per heavy atom. The molecule has 1 aromatic carbocycles. The van der Waals surface area contributed by atoms with E-state index in [1.165, 1.54) is 0 Å². The largest absolute Gasteiger partial charge is 0.488 e. The Morgan fingerprint density at radius 3 is 2.90 bits per heavy atom. The molecular formula is C15H20ClN3O. The maximum Gasteiger partial charge on any atom is 0.142 e. The number of halogens is 1. The van der Waals surface area contributed by atoms with E-state index in [2.05, 4.69) is 17.1 Å². The number of aromatic nitrogens is 2. The van der Waals surface area contributed by atoms with Crippen LogP contribution in [0.3, 0.4) is 0 Å². The average molecular weight is 294 g/mol. The second-order valence-electron chi connectivity index (χ2n) is 5.72. The van der Waals surface area contributed by atoms with Crippen LogP contribution in [0.25, 0.3) is 10.9 Å². The molecule has 0 radical (unpaired) electrons. The molecule has 1 aromatic heterocycles. The van der Waals surface area contributed by atoms with E-state index < -0.39 is 0 Å². The average Bonchev–Trinajstić information content (AvgIpc) is 2.91. The summed E-state index contributed by atoms with van der Waals surface area (Å²) in [6, 6.07) is 0.242. The van der Waals surface area contributed by atoms with Crippen LogP contribution >= 0.6 is 11.6 Å². The van der Waals surface area contributed by atoms with E-state index in [0.717, 1.165) is 53.5 Å². The third-order valence-electron chi connectivity index (χ3n) is 4.30. The lowest BCUT2D eigenvalue weighted by Gasteiger charge is -2.28. The molecule has 0 bridgehead atoms. The first kappa shape index (κ1) is 13.7. The third kappa shape index (κ3) is 2.27. The zero-order valence-electron chi connectivity index (χ0n) is 11.9. The summed E-state index contributed by atoms with van der Waals surface area (Å²) in [6.45, 7) is 4.10. The molecule has 3 N–H and O–H groups in total. The van der Waals surface area contributed by atoms with Crippen molar-refractivity contribution in [2.75, 3.05) is 0 Å².